The Kier molecular flexibility index (Phi) is 9.42. The second-order valence-corrected chi connectivity index (χ2v) is 6.23. The number of aryl methyl sites for hydroxylation is 1. The summed E-state index contributed by atoms with van der Waals surface area (Å²) in [6, 6.07) is 3.42. The summed E-state index contributed by atoms with van der Waals surface area (Å²) in [5, 5.41) is 10.2. The molecule has 0 radical (unpaired) electrons. The minimum absolute atomic E-state index is 0.0115. The van der Waals surface area contributed by atoms with Crippen LogP contribution < -0.4 is 4.74 Å². The van der Waals surface area contributed by atoms with Gasteiger partial charge >= 0.3 is 0 Å². The molecule has 0 saturated heterocycles. The van der Waals surface area contributed by atoms with E-state index in [1.54, 1.807) is 19.2 Å². The fourth-order valence-electron chi connectivity index (χ4n) is 2.81. The maximum atomic E-state index is 12.3. The summed E-state index contributed by atoms with van der Waals surface area (Å²) in [4.78, 5) is 12.3. The summed E-state index contributed by atoms with van der Waals surface area (Å²) in [6.45, 7) is 4.34. The highest BCUT2D eigenvalue weighted by Crippen LogP contribution is 2.30. The average Bonchev–Trinajstić information content (AvgIpc) is 2.55. The number of carbonyl (C=O) groups excluding carboxylic acids is 1. The van der Waals surface area contributed by atoms with E-state index in [1.807, 2.05) is 0 Å². The van der Waals surface area contributed by atoms with Gasteiger partial charge in [-0.05, 0) is 37.0 Å². The van der Waals surface area contributed by atoms with Gasteiger partial charge in [-0.25, -0.2) is 0 Å². The van der Waals surface area contributed by atoms with Gasteiger partial charge < -0.3 is 9.84 Å². The molecule has 130 valence electrons. The molecule has 3 nitrogen and oxygen atoms in total. The number of ether oxygens (including phenoxy) is 1. The van der Waals surface area contributed by atoms with Crippen LogP contribution in [0.1, 0.15) is 87.6 Å². The molecule has 1 aromatic rings. The summed E-state index contributed by atoms with van der Waals surface area (Å²) in [6.07, 6.45) is 10.3. The number of carbonyl (C=O) groups is 1. The Balaban J connectivity index is 2.69. The van der Waals surface area contributed by atoms with E-state index in [4.69, 9.17) is 4.74 Å². The lowest BCUT2D eigenvalue weighted by Crippen LogP contribution is -2.02. The fourth-order valence-corrected chi connectivity index (χ4v) is 2.81. The van der Waals surface area contributed by atoms with Crippen molar-refractivity contribution in [2.45, 2.75) is 78.1 Å². The lowest BCUT2D eigenvalue weighted by molar-refractivity contribution is 0.0976. The van der Waals surface area contributed by atoms with Gasteiger partial charge in [0, 0.05) is 6.42 Å². The molecule has 1 rings (SSSR count). The standard InChI is InChI=1S/C20H32O3/c1-4-6-8-9-11-13-18(21)17-15-20(23-3)16(14-19(17)22)12-10-7-5-2/h14-15,22H,4-13H2,1-3H3. The molecule has 0 aliphatic heterocycles. The zero-order valence-corrected chi connectivity index (χ0v) is 15.0. The lowest BCUT2D eigenvalue weighted by Gasteiger charge is -2.12. The number of phenols is 1. The number of phenolic OH excluding ortho intramolecular Hbond substituents is 1. The van der Waals surface area contributed by atoms with Crippen LogP contribution in [-0.2, 0) is 6.42 Å². The van der Waals surface area contributed by atoms with Crippen LogP contribution in [0.5, 0.6) is 11.5 Å². The van der Waals surface area contributed by atoms with Crippen LogP contribution in [0.4, 0.5) is 0 Å². The molecule has 0 aromatic heterocycles. The minimum Gasteiger partial charge on any atom is -0.507 e. The Morgan fingerprint density at radius 2 is 1.65 bits per heavy atom. The maximum absolute atomic E-state index is 12.3. The Bertz CT molecular complexity index is 480. The van der Waals surface area contributed by atoms with Crippen molar-refractivity contribution in [3.63, 3.8) is 0 Å². The molecular formula is C20H32O3. The minimum atomic E-state index is 0.0115. The smallest absolute Gasteiger partial charge is 0.166 e. The normalized spacial score (nSPS) is 10.7. The van der Waals surface area contributed by atoms with Crippen LogP contribution in [0.2, 0.25) is 0 Å². The van der Waals surface area contributed by atoms with E-state index in [1.165, 1.54) is 19.3 Å². The van der Waals surface area contributed by atoms with Crippen molar-refractivity contribution in [2.75, 3.05) is 7.11 Å². The third kappa shape index (κ3) is 6.64. The van der Waals surface area contributed by atoms with Gasteiger partial charge in [0.05, 0.1) is 12.7 Å². The first-order valence-corrected chi connectivity index (χ1v) is 9.07. The maximum Gasteiger partial charge on any atom is 0.166 e. The number of benzene rings is 1. The topological polar surface area (TPSA) is 46.5 Å². The Morgan fingerprint density at radius 1 is 1.00 bits per heavy atom. The first-order valence-electron chi connectivity index (χ1n) is 9.07. The quantitative estimate of drug-likeness (QED) is 0.398. The number of unbranched alkanes of at least 4 members (excludes halogenated alkanes) is 6. The van der Waals surface area contributed by atoms with Crippen molar-refractivity contribution >= 4 is 5.78 Å². The summed E-state index contributed by atoms with van der Waals surface area (Å²) < 4.78 is 5.42. The largest absolute Gasteiger partial charge is 0.507 e. The SMILES string of the molecule is CCCCCCCC(=O)c1cc(OC)c(CCCCC)cc1O. The van der Waals surface area contributed by atoms with E-state index >= 15 is 0 Å². The van der Waals surface area contributed by atoms with E-state index in [9.17, 15) is 9.90 Å². The zero-order chi connectivity index (χ0) is 17.1. The van der Waals surface area contributed by atoms with Gasteiger partial charge in [0.15, 0.2) is 5.78 Å². The van der Waals surface area contributed by atoms with Crippen molar-refractivity contribution in [2.24, 2.45) is 0 Å². The summed E-state index contributed by atoms with van der Waals surface area (Å²) in [5.74, 6) is 0.821. The summed E-state index contributed by atoms with van der Waals surface area (Å²) >= 11 is 0. The van der Waals surface area contributed by atoms with Crippen LogP contribution >= 0.6 is 0 Å². The third-order valence-corrected chi connectivity index (χ3v) is 4.26. The van der Waals surface area contributed by atoms with Crippen molar-refractivity contribution in [1.29, 1.82) is 0 Å². The first kappa shape index (κ1) is 19.5. The predicted molar refractivity (Wildman–Crippen MR) is 95.6 cm³/mol. The first-order chi connectivity index (χ1) is 11.1. The fraction of sp³-hybridized carbons (Fsp3) is 0.650. The molecule has 0 bridgehead atoms. The van der Waals surface area contributed by atoms with Crippen LogP contribution in [0.25, 0.3) is 0 Å². The molecular weight excluding hydrogens is 288 g/mol. The van der Waals surface area contributed by atoms with Gasteiger partial charge in [-0.2, -0.15) is 0 Å². The molecule has 23 heavy (non-hydrogen) atoms. The van der Waals surface area contributed by atoms with Crippen LogP contribution in [-0.4, -0.2) is 18.0 Å². The number of hydrogen-bond donors (Lipinski definition) is 1. The molecule has 0 atom stereocenters. The molecule has 0 amide bonds. The van der Waals surface area contributed by atoms with Crippen LogP contribution in [0.3, 0.4) is 0 Å². The van der Waals surface area contributed by atoms with E-state index in [-0.39, 0.29) is 11.5 Å². The van der Waals surface area contributed by atoms with Gasteiger partial charge in [-0.3, -0.25) is 4.79 Å². The molecule has 0 unspecified atom stereocenters. The van der Waals surface area contributed by atoms with E-state index in [2.05, 4.69) is 13.8 Å². The molecule has 0 aliphatic rings. The van der Waals surface area contributed by atoms with E-state index in [0.29, 0.717) is 17.7 Å². The predicted octanol–water partition coefficient (Wildman–Crippen LogP) is 5.68. The van der Waals surface area contributed by atoms with Crippen LogP contribution in [0.15, 0.2) is 12.1 Å². The molecule has 0 aliphatic carbocycles. The second-order valence-electron chi connectivity index (χ2n) is 6.23. The Morgan fingerprint density at radius 3 is 2.30 bits per heavy atom. The number of Topliss-reactive ketones (excluding diaryl/α,β-unsaturated/α-hetero) is 1. The molecule has 0 spiro atoms. The van der Waals surface area contributed by atoms with Crippen molar-refractivity contribution in [3.05, 3.63) is 23.3 Å². The Hall–Kier alpha value is -1.51. The van der Waals surface area contributed by atoms with Gasteiger partial charge in [0.25, 0.3) is 0 Å². The van der Waals surface area contributed by atoms with E-state index < -0.39 is 0 Å². The highest BCUT2D eigenvalue weighted by molar-refractivity contribution is 5.99. The molecule has 1 aromatic carbocycles. The van der Waals surface area contributed by atoms with Crippen LogP contribution in [0, 0.1) is 0 Å². The van der Waals surface area contributed by atoms with E-state index in [0.717, 1.165) is 44.1 Å². The van der Waals surface area contributed by atoms with Gasteiger partial charge in [0.1, 0.15) is 11.5 Å². The average molecular weight is 320 g/mol. The van der Waals surface area contributed by atoms with Crippen molar-refractivity contribution in [3.8, 4) is 11.5 Å². The number of aromatic hydroxyl groups is 1. The number of rotatable bonds is 12. The lowest BCUT2D eigenvalue weighted by atomic mass is 9.98. The molecule has 3 heteroatoms. The molecule has 0 saturated carbocycles. The second kappa shape index (κ2) is 11.1. The number of hydrogen-bond acceptors (Lipinski definition) is 3. The highest BCUT2D eigenvalue weighted by Gasteiger charge is 2.15. The molecule has 0 heterocycles. The van der Waals surface area contributed by atoms with Gasteiger partial charge in [-0.1, -0.05) is 52.4 Å². The monoisotopic (exact) mass is 320 g/mol. The summed E-state index contributed by atoms with van der Waals surface area (Å²) in [7, 11) is 1.62. The Labute approximate surface area is 141 Å². The summed E-state index contributed by atoms with van der Waals surface area (Å²) in [5.41, 5.74) is 1.38. The van der Waals surface area contributed by atoms with Gasteiger partial charge in [-0.15, -0.1) is 0 Å². The van der Waals surface area contributed by atoms with Gasteiger partial charge in [0.2, 0.25) is 0 Å². The molecule has 1 N–H and O–H groups in total. The zero-order valence-electron chi connectivity index (χ0n) is 15.0. The highest BCUT2D eigenvalue weighted by atomic mass is 16.5. The third-order valence-electron chi connectivity index (χ3n) is 4.26. The number of ketones is 1. The van der Waals surface area contributed by atoms with Crippen molar-refractivity contribution in [1.82, 2.24) is 0 Å². The van der Waals surface area contributed by atoms with Crippen molar-refractivity contribution < 1.29 is 14.6 Å². The molecule has 0 fully saturated rings. The number of methoxy groups -OCH3 is 1.